The summed E-state index contributed by atoms with van der Waals surface area (Å²) < 4.78 is 9.21. The molecule has 0 aromatic rings. The Balaban J connectivity index is 4.09. The number of aliphatic carboxylic acids is 1. The molecule has 116 valence electrons. The molecular formula is C10H15N2O8Tl. The Labute approximate surface area is 136 Å². The third-order valence-electron chi connectivity index (χ3n) is 2.09. The van der Waals surface area contributed by atoms with Gasteiger partial charge in [0, 0.05) is 0 Å². The van der Waals surface area contributed by atoms with Crippen LogP contribution >= 0.6 is 0 Å². The summed E-state index contributed by atoms with van der Waals surface area (Å²) in [5.41, 5.74) is 0. The first-order valence-electron chi connectivity index (χ1n) is 5.84. The number of nitrogens with one attached hydrogen (secondary N) is 2. The second kappa shape index (κ2) is 12.5. The van der Waals surface area contributed by atoms with Gasteiger partial charge in [-0.25, -0.2) is 0 Å². The van der Waals surface area contributed by atoms with Crippen molar-refractivity contribution in [3.05, 3.63) is 0 Å². The van der Waals surface area contributed by atoms with Crippen molar-refractivity contribution in [3.63, 3.8) is 0 Å². The summed E-state index contributed by atoms with van der Waals surface area (Å²) in [7, 11) is 0. The Morgan fingerprint density at radius 1 is 1.29 bits per heavy atom. The Kier molecular flexibility index (Phi) is 11.7. The van der Waals surface area contributed by atoms with Gasteiger partial charge in [-0.2, -0.15) is 0 Å². The number of carbonyl (C=O) groups excluding carboxylic acids is 3. The average Bonchev–Trinajstić information content (AvgIpc) is 2.45. The summed E-state index contributed by atoms with van der Waals surface area (Å²) in [6.07, 6.45) is -0.375. The van der Waals surface area contributed by atoms with Crippen molar-refractivity contribution in [1.29, 1.82) is 0 Å². The third-order valence-corrected chi connectivity index (χ3v) is 2.62. The van der Waals surface area contributed by atoms with E-state index in [-0.39, 0.29) is 58.8 Å². The molecule has 2 amide bonds. The van der Waals surface area contributed by atoms with E-state index in [0.29, 0.717) is 6.41 Å². The molecule has 0 heterocycles. The Hall–Kier alpha value is -1.28. The number of ether oxygens (including phenoxy) is 1. The molecule has 0 aliphatic carbocycles. The van der Waals surface area contributed by atoms with Gasteiger partial charge in [-0.1, -0.05) is 0 Å². The van der Waals surface area contributed by atoms with Crippen molar-refractivity contribution >= 4 is 50.5 Å². The number of amides is 2. The van der Waals surface area contributed by atoms with Gasteiger partial charge in [0.2, 0.25) is 0 Å². The fourth-order valence-corrected chi connectivity index (χ4v) is 1.50. The molecule has 11 heteroatoms. The molecule has 0 saturated carbocycles. The zero-order valence-corrected chi connectivity index (χ0v) is 15.6. The number of rotatable bonds is 12. The van der Waals surface area contributed by atoms with Crippen LogP contribution in [0.25, 0.3) is 0 Å². The fourth-order valence-electron chi connectivity index (χ4n) is 1.13. The topological polar surface area (TPSA) is 140 Å². The van der Waals surface area contributed by atoms with Gasteiger partial charge in [0.25, 0.3) is 0 Å². The molecular weight excluding hydrogens is 480 g/mol. The first-order chi connectivity index (χ1) is 10.0. The van der Waals surface area contributed by atoms with E-state index in [2.05, 4.69) is 18.4 Å². The number of carboxylic acid groups (broad SMARTS) is 1. The molecule has 0 aliphatic heterocycles. The molecule has 21 heavy (non-hydrogen) atoms. The van der Waals surface area contributed by atoms with Crippen molar-refractivity contribution in [2.75, 3.05) is 19.8 Å². The summed E-state index contributed by atoms with van der Waals surface area (Å²) in [6, 6.07) is -1.06. The monoisotopic (exact) mass is 496 g/mol. The van der Waals surface area contributed by atoms with Crippen LogP contribution in [0.4, 0.5) is 0 Å². The molecule has 0 bridgehead atoms. The number of carboxylic acids is 1. The maximum atomic E-state index is 11.7. The molecule has 0 aliphatic rings. The van der Waals surface area contributed by atoms with Crippen LogP contribution in [-0.2, 0) is 31.6 Å². The predicted octanol–water partition coefficient (Wildman–Crippen LogP) is -2.34. The first-order valence-corrected chi connectivity index (χ1v) is 7.67. The van der Waals surface area contributed by atoms with Crippen LogP contribution in [0.1, 0.15) is 12.8 Å². The van der Waals surface area contributed by atoms with Crippen LogP contribution in [0, 0.1) is 0 Å². The van der Waals surface area contributed by atoms with E-state index < -0.39 is 23.9 Å². The van der Waals surface area contributed by atoms with E-state index >= 15 is 0 Å². The minimum absolute atomic E-state index is 0.147. The van der Waals surface area contributed by atoms with Gasteiger partial charge in [0.15, 0.2) is 0 Å². The summed E-state index contributed by atoms with van der Waals surface area (Å²) in [4.78, 5) is 48.2. The van der Waals surface area contributed by atoms with Crippen molar-refractivity contribution in [3.8, 4) is 0 Å². The zero-order valence-electron chi connectivity index (χ0n) is 11.1. The summed E-state index contributed by atoms with van der Waals surface area (Å²) in [6.45, 7) is -0.0769. The second-order valence-electron chi connectivity index (χ2n) is 3.62. The summed E-state index contributed by atoms with van der Waals surface area (Å²) >= 11 is 0.223. The van der Waals surface area contributed by atoms with Gasteiger partial charge in [0.1, 0.15) is 0 Å². The molecule has 3 N–H and O–H groups in total. The van der Waals surface area contributed by atoms with Crippen molar-refractivity contribution in [2.45, 2.75) is 18.9 Å². The third kappa shape index (κ3) is 11.1. The molecule has 10 nitrogen and oxygen atoms in total. The van der Waals surface area contributed by atoms with Crippen LogP contribution in [0.15, 0.2) is 0 Å². The van der Waals surface area contributed by atoms with Gasteiger partial charge < -0.3 is 5.11 Å². The fraction of sp³-hybridized carbons (Fsp3) is 0.600. The maximum absolute atomic E-state index is 11.7. The van der Waals surface area contributed by atoms with Crippen LogP contribution in [0.2, 0.25) is 0 Å². The van der Waals surface area contributed by atoms with E-state index in [1.54, 1.807) is 0 Å². The number of hydrogen-bond acceptors (Lipinski definition) is 7. The number of esters is 1. The molecule has 0 spiro atoms. The van der Waals surface area contributed by atoms with Crippen molar-refractivity contribution < 1.29 is 36.7 Å². The summed E-state index contributed by atoms with van der Waals surface area (Å²) in [5.74, 6) is -2.46. The van der Waals surface area contributed by atoms with Crippen molar-refractivity contribution in [2.24, 2.45) is 0 Å². The van der Waals surface area contributed by atoms with Gasteiger partial charge >= 0.3 is 127 Å². The van der Waals surface area contributed by atoms with Crippen LogP contribution in [-0.4, -0.2) is 81.4 Å². The van der Waals surface area contributed by atoms with Crippen LogP contribution in [0.5, 0.6) is 0 Å². The molecule has 0 fully saturated rings. The van der Waals surface area contributed by atoms with E-state index in [9.17, 15) is 19.2 Å². The molecule has 0 rings (SSSR count). The predicted molar refractivity (Wildman–Crippen MR) is 66.6 cm³/mol. The molecule has 0 unspecified atom stereocenters. The molecule has 0 aromatic carbocycles. The number of carbonyl (C=O) groups is 4. The molecule has 0 aromatic heterocycles. The van der Waals surface area contributed by atoms with Gasteiger partial charge in [-0.15, -0.1) is 0 Å². The normalized spacial score (nSPS) is 11.2. The quantitative estimate of drug-likeness (QED) is 0.0683. The molecule has 0 saturated heterocycles. The van der Waals surface area contributed by atoms with E-state index in [0.717, 1.165) is 0 Å². The SMILES string of the molecule is O=CN[C@@H](COC(=O)CCC(=O)O)C(=O)NCCO[O][Tl]. The first kappa shape index (κ1) is 19.7. The van der Waals surface area contributed by atoms with Gasteiger partial charge in [0.05, 0.1) is 0 Å². The van der Waals surface area contributed by atoms with Gasteiger partial charge in [-0.05, 0) is 0 Å². The average molecular weight is 496 g/mol. The van der Waals surface area contributed by atoms with E-state index in [4.69, 9.17) is 9.84 Å². The van der Waals surface area contributed by atoms with Crippen LogP contribution < -0.4 is 10.6 Å². The molecule has 0 radical (unpaired) electrons. The standard InChI is InChI=1S/C10H16N2O8.Tl/c13-6-12-7(10(17)11-3-4-20-18)5-19-9(16)2-1-8(14)15;/h6-7,18H,1-5H2,(H,11,17)(H,12,13)(H,14,15);/q;+1/p-1/t7-;/m0./s1. The van der Waals surface area contributed by atoms with Crippen molar-refractivity contribution in [1.82, 2.24) is 10.6 Å². The van der Waals surface area contributed by atoms with Crippen LogP contribution in [0.3, 0.4) is 0 Å². The molecule has 1 atom stereocenters. The van der Waals surface area contributed by atoms with E-state index in [1.807, 2.05) is 0 Å². The Morgan fingerprint density at radius 2 is 2.00 bits per heavy atom. The summed E-state index contributed by atoms with van der Waals surface area (Å²) in [5, 5.41) is 13.0. The van der Waals surface area contributed by atoms with E-state index in [1.165, 1.54) is 0 Å². The second-order valence-corrected chi connectivity index (χ2v) is 4.37. The Bertz CT molecular complexity index is 365. The minimum atomic E-state index is -1.13. The Morgan fingerprint density at radius 3 is 2.57 bits per heavy atom. The number of hydrogen-bond donors (Lipinski definition) is 3. The zero-order chi connectivity index (χ0) is 16.1. The van der Waals surface area contributed by atoms with Gasteiger partial charge in [-0.3, -0.25) is 4.79 Å².